The summed E-state index contributed by atoms with van der Waals surface area (Å²) in [4.78, 5) is 13.1. The van der Waals surface area contributed by atoms with E-state index in [1.165, 1.54) is 0 Å². The molecule has 3 N–H and O–H groups in total. The van der Waals surface area contributed by atoms with E-state index in [2.05, 4.69) is 48.9 Å². The van der Waals surface area contributed by atoms with Gasteiger partial charge in [-0.15, -0.1) is 0 Å². The number of aliphatic hydroxyl groups is 2. The lowest BCUT2D eigenvalue weighted by Gasteiger charge is -2.22. The molecular formula is C18H17ClIN5O2. The number of fused-ring (bicyclic) bond motifs is 2. The van der Waals surface area contributed by atoms with Crippen LogP contribution in [0.5, 0.6) is 0 Å². The Hall–Kier alpha value is -1.49. The second-order valence-electron chi connectivity index (χ2n) is 7.18. The van der Waals surface area contributed by atoms with E-state index < -0.39 is 12.2 Å². The normalized spacial score (nSPS) is 29.1. The third-order valence-electron chi connectivity index (χ3n) is 5.53. The maximum atomic E-state index is 10.4. The first-order valence-corrected chi connectivity index (χ1v) is 10.2. The molecule has 0 bridgehead atoms. The monoisotopic (exact) mass is 495 g/mol. The zero-order valence-corrected chi connectivity index (χ0v) is 17.0. The van der Waals surface area contributed by atoms with E-state index in [0.717, 1.165) is 15.6 Å². The van der Waals surface area contributed by atoms with Gasteiger partial charge in [0.25, 0.3) is 0 Å². The molecule has 0 amide bonds. The summed E-state index contributed by atoms with van der Waals surface area (Å²) in [5.74, 6) is 0.977. The Morgan fingerprint density at radius 1 is 1.22 bits per heavy atom. The fourth-order valence-corrected chi connectivity index (χ4v) is 4.94. The first-order valence-electron chi connectivity index (χ1n) is 8.77. The Bertz CT molecular complexity index is 1030. The second-order valence-corrected chi connectivity index (χ2v) is 8.77. The van der Waals surface area contributed by atoms with Crippen molar-refractivity contribution in [1.82, 2.24) is 19.5 Å². The molecule has 27 heavy (non-hydrogen) atoms. The molecule has 5 atom stereocenters. The number of imidazole rings is 1. The third kappa shape index (κ3) is 2.98. The Kier molecular flexibility index (Phi) is 4.26. The van der Waals surface area contributed by atoms with Crippen molar-refractivity contribution in [2.24, 2.45) is 11.8 Å². The zero-order valence-electron chi connectivity index (χ0n) is 14.1. The first kappa shape index (κ1) is 17.6. The summed E-state index contributed by atoms with van der Waals surface area (Å²) >= 11 is 8.44. The molecule has 2 aromatic heterocycles. The van der Waals surface area contributed by atoms with Gasteiger partial charge in [0.05, 0.1) is 18.5 Å². The predicted molar refractivity (Wildman–Crippen MR) is 109 cm³/mol. The Morgan fingerprint density at radius 3 is 2.81 bits per heavy atom. The molecule has 0 radical (unpaired) electrons. The van der Waals surface area contributed by atoms with E-state index in [0.29, 0.717) is 23.5 Å². The van der Waals surface area contributed by atoms with Crippen LogP contribution in [0.3, 0.4) is 0 Å². The van der Waals surface area contributed by atoms with Crippen molar-refractivity contribution in [3.8, 4) is 0 Å². The molecule has 3 aromatic rings. The van der Waals surface area contributed by atoms with Crippen LogP contribution in [0, 0.1) is 15.4 Å². The van der Waals surface area contributed by atoms with Crippen LogP contribution in [0.25, 0.3) is 11.2 Å². The SMILES string of the molecule is O[C@@H]1[C@H](O)[C@@H]2C[C@@H]2[C@H]1n1cnc2c(NCc3cccc([125I])c3)nc(Cl)nc21. The number of benzene rings is 1. The highest BCUT2D eigenvalue weighted by Crippen LogP contribution is 2.57. The van der Waals surface area contributed by atoms with Crippen LogP contribution in [0.15, 0.2) is 30.6 Å². The van der Waals surface area contributed by atoms with Gasteiger partial charge in [-0.2, -0.15) is 9.97 Å². The number of aromatic nitrogens is 4. The Labute approximate surface area is 173 Å². The van der Waals surface area contributed by atoms with Gasteiger partial charge in [-0.1, -0.05) is 12.1 Å². The summed E-state index contributed by atoms with van der Waals surface area (Å²) in [6.07, 6.45) is 1.07. The van der Waals surface area contributed by atoms with Gasteiger partial charge in [0.15, 0.2) is 17.0 Å². The average Bonchev–Trinajstić information content (AvgIpc) is 3.25. The predicted octanol–water partition coefficient (Wildman–Crippen LogP) is 2.61. The van der Waals surface area contributed by atoms with Gasteiger partial charge in [-0.3, -0.25) is 0 Å². The van der Waals surface area contributed by atoms with Gasteiger partial charge >= 0.3 is 0 Å². The van der Waals surface area contributed by atoms with Crippen molar-refractivity contribution in [2.45, 2.75) is 31.2 Å². The van der Waals surface area contributed by atoms with Crippen LogP contribution in [0.4, 0.5) is 5.82 Å². The maximum absolute atomic E-state index is 10.4. The van der Waals surface area contributed by atoms with Crippen molar-refractivity contribution < 1.29 is 10.2 Å². The van der Waals surface area contributed by atoms with E-state index in [1.54, 1.807) is 6.33 Å². The number of anilines is 1. The lowest BCUT2D eigenvalue weighted by Crippen LogP contribution is -2.31. The summed E-state index contributed by atoms with van der Waals surface area (Å²) in [7, 11) is 0. The molecular weight excluding hydrogens is 479 g/mol. The van der Waals surface area contributed by atoms with Crippen LogP contribution in [0.1, 0.15) is 18.0 Å². The fourth-order valence-electron chi connectivity index (χ4n) is 4.16. The maximum Gasteiger partial charge on any atom is 0.226 e. The van der Waals surface area contributed by atoms with Crippen LogP contribution < -0.4 is 5.32 Å². The molecule has 2 heterocycles. The molecule has 0 aliphatic heterocycles. The van der Waals surface area contributed by atoms with Gasteiger partial charge in [0.2, 0.25) is 5.28 Å². The van der Waals surface area contributed by atoms with Crippen molar-refractivity contribution >= 4 is 51.2 Å². The number of nitrogens with one attached hydrogen (secondary N) is 1. The van der Waals surface area contributed by atoms with Gasteiger partial charge in [0.1, 0.15) is 6.10 Å². The van der Waals surface area contributed by atoms with E-state index in [1.807, 2.05) is 22.8 Å². The number of hydrogen-bond donors (Lipinski definition) is 3. The molecule has 7 nitrogen and oxygen atoms in total. The average molecular weight is 496 g/mol. The van der Waals surface area contributed by atoms with Crippen LogP contribution in [0.2, 0.25) is 5.28 Å². The third-order valence-corrected chi connectivity index (χ3v) is 6.37. The number of aliphatic hydroxyl groups excluding tert-OH is 2. The van der Waals surface area contributed by atoms with Crippen molar-refractivity contribution in [1.29, 1.82) is 0 Å². The Morgan fingerprint density at radius 2 is 2.07 bits per heavy atom. The molecule has 9 heteroatoms. The van der Waals surface area contributed by atoms with Gasteiger partial charge in [-0.25, -0.2) is 4.98 Å². The van der Waals surface area contributed by atoms with Gasteiger partial charge < -0.3 is 20.1 Å². The largest absolute Gasteiger partial charge is 0.390 e. The summed E-state index contributed by atoms with van der Waals surface area (Å²) in [6.45, 7) is 0.585. The molecule has 0 saturated heterocycles. The van der Waals surface area contributed by atoms with Crippen LogP contribution >= 0.6 is 34.2 Å². The number of hydrogen-bond acceptors (Lipinski definition) is 6. The summed E-state index contributed by atoms with van der Waals surface area (Å²) in [6, 6.07) is 7.95. The number of rotatable bonds is 4. The summed E-state index contributed by atoms with van der Waals surface area (Å²) < 4.78 is 3.00. The zero-order chi connectivity index (χ0) is 18.7. The summed E-state index contributed by atoms with van der Waals surface area (Å²) in [5.41, 5.74) is 2.30. The highest BCUT2D eigenvalue weighted by atomic mass is 125. The molecule has 2 saturated carbocycles. The van der Waals surface area contributed by atoms with Crippen molar-refractivity contribution in [3.63, 3.8) is 0 Å². The highest BCUT2D eigenvalue weighted by molar-refractivity contribution is 14.1. The van der Waals surface area contributed by atoms with Gasteiger partial charge in [-0.05, 0) is 70.1 Å². The van der Waals surface area contributed by atoms with E-state index in [4.69, 9.17) is 11.6 Å². The minimum atomic E-state index is -0.817. The molecule has 0 spiro atoms. The van der Waals surface area contributed by atoms with Gasteiger partial charge in [0, 0.05) is 10.1 Å². The molecule has 140 valence electrons. The smallest absolute Gasteiger partial charge is 0.226 e. The van der Waals surface area contributed by atoms with E-state index in [9.17, 15) is 10.2 Å². The molecule has 2 aliphatic carbocycles. The first-order chi connectivity index (χ1) is 13.0. The quantitative estimate of drug-likeness (QED) is 0.380. The van der Waals surface area contributed by atoms with Crippen molar-refractivity contribution in [2.75, 3.05) is 5.32 Å². The number of halogens is 2. The van der Waals surface area contributed by atoms with E-state index >= 15 is 0 Å². The second kappa shape index (κ2) is 6.54. The lowest BCUT2D eigenvalue weighted by atomic mass is 10.1. The van der Waals surface area contributed by atoms with Crippen LogP contribution in [-0.4, -0.2) is 41.9 Å². The topological polar surface area (TPSA) is 96.1 Å². The highest BCUT2D eigenvalue weighted by Gasteiger charge is 2.60. The van der Waals surface area contributed by atoms with E-state index in [-0.39, 0.29) is 23.2 Å². The molecule has 5 rings (SSSR count). The molecule has 2 fully saturated rings. The molecule has 1 aromatic carbocycles. The van der Waals surface area contributed by atoms with Crippen LogP contribution in [-0.2, 0) is 6.54 Å². The Balaban J connectivity index is 1.49. The molecule has 0 unspecified atom stereocenters. The standard InChI is InChI=1S/C18H17ClIN5O2/c19-18-23-16(21-6-8-2-1-3-9(20)4-8)12-17(24-18)25(7-22-12)13-10-5-11(10)14(26)15(13)27/h1-4,7,10-11,13-15,26-27H,5-6H2,(H,21,23,24)/t10-,11+,13+,14+,15-/m0/s1/i20-2. The fraction of sp³-hybridized carbons (Fsp3) is 0.389. The summed E-state index contributed by atoms with van der Waals surface area (Å²) in [5, 5.41) is 24.0. The molecule has 2 aliphatic rings. The lowest BCUT2D eigenvalue weighted by molar-refractivity contribution is 0.00386. The number of nitrogens with zero attached hydrogens (tertiary/aromatic N) is 4. The minimum absolute atomic E-state index is 0.120. The minimum Gasteiger partial charge on any atom is -0.390 e. The van der Waals surface area contributed by atoms with Crippen molar-refractivity contribution in [3.05, 3.63) is 45.0 Å².